The first-order valence-electron chi connectivity index (χ1n) is 13.4. The van der Waals surface area contributed by atoms with Crippen molar-refractivity contribution in [3.63, 3.8) is 0 Å². The molecule has 42 heavy (non-hydrogen) atoms. The number of thiazole rings is 1. The summed E-state index contributed by atoms with van der Waals surface area (Å²) in [5.74, 6) is -1.09. The number of nitrogens with zero attached hydrogens (tertiary/aromatic N) is 5. The van der Waals surface area contributed by atoms with Gasteiger partial charge in [0.05, 0.1) is 30.4 Å². The Balaban J connectivity index is 1.63. The summed E-state index contributed by atoms with van der Waals surface area (Å²) in [5, 5.41) is 0.980. The number of hydrogen-bond donors (Lipinski definition) is 1. The van der Waals surface area contributed by atoms with Crippen molar-refractivity contribution in [3.8, 4) is 0 Å². The summed E-state index contributed by atoms with van der Waals surface area (Å²) in [6.07, 6.45) is -3.08. The predicted molar refractivity (Wildman–Crippen MR) is 155 cm³/mol. The van der Waals surface area contributed by atoms with Gasteiger partial charge in [-0.15, -0.1) is 11.3 Å². The molecule has 4 aromatic rings. The molecule has 3 heterocycles. The number of nitrogens with two attached hydrogens (primary N) is 1. The van der Waals surface area contributed by atoms with Gasteiger partial charge in [-0.1, -0.05) is 36.4 Å². The molecule has 1 aliphatic rings. The van der Waals surface area contributed by atoms with Crippen LogP contribution in [0.1, 0.15) is 35.3 Å². The second-order valence-corrected chi connectivity index (χ2v) is 11.2. The largest absolute Gasteiger partial charge is 0.416 e. The van der Waals surface area contributed by atoms with Crippen LogP contribution >= 0.6 is 11.3 Å². The van der Waals surface area contributed by atoms with Crippen LogP contribution in [0.25, 0.3) is 0 Å². The number of piperazine rings is 1. The Hall–Kier alpha value is -3.97. The van der Waals surface area contributed by atoms with Crippen molar-refractivity contribution in [1.29, 1.82) is 0 Å². The molecule has 1 saturated heterocycles. The molecule has 2 unspecified atom stereocenters. The fourth-order valence-corrected chi connectivity index (χ4v) is 6.13. The second kappa shape index (κ2) is 11.7. The van der Waals surface area contributed by atoms with E-state index in [2.05, 4.69) is 9.88 Å². The van der Waals surface area contributed by atoms with Crippen LogP contribution in [-0.4, -0.2) is 39.8 Å². The maximum absolute atomic E-state index is 14.9. The molecule has 0 bridgehead atoms. The van der Waals surface area contributed by atoms with Crippen molar-refractivity contribution >= 4 is 22.0 Å². The van der Waals surface area contributed by atoms with Crippen molar-refractivity contribution in [3.05, 3.63) is 109 Å². The third kappa shape index (κ3) is 5.71. The van der Waals surface area contributed by atoms with Crippen molar-refractivity contribution in [2.24, 2.45) is 5.73 Å². The van der Waals surface area contributed by atoms with Gasteiger partial charge in [0.2, 0.25) is 0 Å². The van der Waals surface area contributed by atoms with Gasteiger partial charge in [0.25, 0.3) is 5.56 Å². The van der Waals surface area contributed by atoms with E-state index in [9.17, 15) is 27.2 Å². The molecule has 13 heteroatoms. The van der Waals surface area contributed by atoms with Crippen LogP contribution in [-0.2, 0) is 19.3 Å². The van der Waals surface area contributed by atoms with Crippen molar-refractivity contribution in [2.75, 3.05) is 29.4 Å². The summed E-state index contributed by atoms with van der Waals surface area (Å²) in [6, 6.07) is 10.6. The van der Waals surface area contributed by atoms with Gasteiger partial charge in [-0.2, -0.15) is 13.2 Å². The Kier molecular flexibility index (Phi) is 8.24. The molecule has 2 N–H and O–H groups in total. The van der Waals surface area contributed by atoms with Gasteiger partial charge < -0.3 is 15.5 Å². The van der Waals surface area contributed by atoms with Crippen LogP contribution in [0.3, 0.4) is 0 Å². The van der Waals surface area contributed by atoms with Gasteiger partial charge in [0, 0.05) is 43.0 Å². The molecule has 0 amide bonds. The first-order chi connectivity index (χ1) is 20.0. The van der Waals surface area contributed by atoms with Gasteiger partial charge >= 0.3 is 11.9 Å². The molecule has 1 fully saturated rings. The van der Waals surface area contributed by atoms with E-state index in [0.29, 0.717) is 25.2 Å². The summed E-state index contributed by atoms with van der Waals surface area (Å²) in [4.78, 5) is 36.0. The molecule has 2 aromatic heterocycles. The van der Waals surface area contributed by atoms with Gasteiger partial charge in [0.1, 0.15) is 16.5 Å². The first-order valence-corrected chi connectivity index (χ1v) is 14.2. The molecule has 222 valence electrons. The lowest BCUT2D eigenvalue weighted by Crippen LogP contribution is -2.55. The van der Waals surface area contributed by atoms with Crippen LogP contribution in [0.2, 0.25) is 0 Å². The first kappa shape index (κ1) is 29.5. The summed E-state index contributed by atoms with van der Waals surface area (Å²) in [7, 11) is 0. The van der Waals surface area contributed by atoms with Crippen molar-refractivity contribution in [2.45, 2.75) is 45.2 Å². The van der Waals surface area contributed by atoms with Gasteiger partial charge in [-0.3, -0.25) is 18.9 Å². The standard InChI is InChI=1S/C29H30F4N6O2S/c1-18-14-36(25-13-35-17-42-25)11-12-37(18)26-19(2)38(15-21-22(29(31,32)33)9-6-10-23(21)30)28(41)39(27(26)40)16-24(34)20-7-4-3-5-8-20/h3-10,13,17-18,24H,11-12,14-16,34H2,1-2H3. The lowest BCUT2D eigenvalue weighted by atomic mass is 10.1. The van der Waals surface area contributed by atoms with E-state index < -0.39 is 47.0 Å². The maximum atomic E-state index is 14.9. The minimum atomic E-state index is -4.84. The fourth-order valence-electron chi connectivity index (χ4n) is 5.46. The highest BCUT2D eigenvalue weighted by molar-refractivity contribution is 7.13. The number of anilines is 2. The van der Waals surface area contributed by atoms with E-state index in [1.165, 1.54) is 18.3 Å². The zero-order chi connectivity index (χ0) is 30.2. The Labute approximate surface area is 243 Å². The Morgan fingerprint density at radius 2 is 1.81 bits per heavy atom. The third-order valence-corrected chi connectivity index (χ3v) is 8.48. The molecule has 1 aliphatic heterocycles. The van der Waals surface area contributed by atoms with E-state index in [-0.39, 0.29) is 24.0 Å². The second-order valence-electron chi connectivity index (χ2n) is 10.3. The quantitative estimate of drug-likeness (QED) is 0.316. The van der Waals surface area contributed by atoms with Crippen LogP contribution in [0.15, 0.2) is 69.8 Å². The molecule has 2 atom stereocenters. The highest BCUT2D eigenvalue weighted by Crippen LogP contribution is 2.34. The lowest BCUT2D eigenvalue weighted by molar-refractivity contribution is -0.138. The molecular weight excluding hydrogens is 572 g/mol. The number of halogens is 4. The normalized spacial score (nSPS) is 16.6. The number of aromatic nitrogens is 3. The van der Waals surface area contributed by atoms with Gasteiger partial charge in [-0.05, 0) is 31.5 Å². The van der Waals surface area contributed by atoms with Gasteiger partial charge in [0.15, 0.2) is 0 Å². The SMILES string of the molecule is Cc1c(N2CCN(c3cncs3)CC2C)c(=O)n(CC(N)c2ccccc2)c(=O)n1Cc1c(F)cccc1C(F)(F)F. The van der Waals surface area contributed by atoms with Gasteiger partial charge in [-0.25, -0.2) is 9.18 Å². The number of hydrogen-bond acceptors (Lipinski definition) is 7. The van der Waals surface area contributed by atoms with E-state index in [1.54, 1.807) is 42.0 Å². The molecule has 0 aliphatic carbocycles. The van der Waals surface area contributed by atoms with Crippen molar-refractivity contribution in [1.82, 2.24) is 14.1 Å². The summed E-state index contributed by atoms with van der Waals surface area (Å²) in [5.41, 5.74) is 5.83. The minimum absolute atomic E-state index is 0.156. The Morgan fingerprint density at radius 3 is 2.45 bits per heavy atom. The summed E-state index contributed by atoms with van der Waals surface area (Å²) in [6.45, 7) is 4.03. The number of benzene rings is 2. The molecule has 8 nitrogen and oxygen atoms in total. The smallest absolute Gasteiger partial charge is 0.359 e. The average molecular weight is 603 g/mol. The Bertz CT molecular complexity index is 1670. The molecular formula is C29H30F4N6O2S. The molecule has 2 aromatic carbocycles. The van der Waals surface area contributed by atoms with Crippen molar-refractivity contribution < 1.29 is 17.6 Å². The van der Waals surface area contributed by atoms with Crippen LogP contribution in [0, 0.1) is 12.7 Å². The lowest BCUT2D eigenvalue weighted by Gasteiger charge is -2.42. The highest BCUT2D eigenvalue weighted by Gasteiger charge is 2.36. The average Bonchev–Trinajstić information content (AvgIpc) is 3.50. The number of alkyl halides is 3. The third-order valence-electron chi connectivity index (χ3n) is 7.65. The predicted octanol–water partition coefficient (Wildman–Crippen LogP) is 4.40. The zero-order valence-electron chi connectivity index (χ0n) is 23.0. The van der Waals surface area contributed by atoms with E-state index >= 15 is 0 Å². The molecule has 0 spiro atoms. The minimum Gasteiger partial charge on any atom is -0.359 e. The zero-order valence-corrected chi connectivity index (χ0v) is 23.8. The molecule has 5 rings (SSSR count). The highest BCUT2D eigenvalue weighted by atomic mass is 32.1. The molecule has 0 radical (unpaired) electrons. The van der Waals surface area contributed by atoms with E-state index in [1.807, 2.05) is 11.8 Å². The van der Waals surface area contributed by atoms with E-state index in [0.717, 1.165) is 32.3 Å². The molecule has 0 saturated carbocycles. The van der Waals surface area contributed by atoms with Crippen LogP contribution < -0.4 is 26.8 Å². The summed E-state index contributed by atoms with van der Waals surface area (Å²) >= 11 is 1.50. The topological polar surface area (TPSA) is 89.4 Å². The summed E-state index contributed by atoms with van der Waals surface area (Å²) < 4.78 is 58.5. The Morgan fingerprint density at radius 1 is 1.07 bits per heavy atom. The maximum Gasteiger partial charge on any atom is 0.416 e. The van der Waals surface area contributed by atoms with E-state index in [4.69, 9.17) is 5.73 Å². The van der Waals surface area contributed by atoms with Crippen LogP contribution in [0.5, 0.6) is 0 Å². The monoisotopic (exact) mass is 602 g/mol. The van der Waals surface area contributed by atoms with Crippen LogP contribution in [0.4, 0.5) is 28.3 Å². The number of rotatable bonds is 7. The fraction of sp³-hybridized carbons (Fsp3) is 0.345.